The molecule has 28 heavy (non-hydrogen) atoms. The molecule has 4 rings (SSSR count). The monoisotopic (exact) mass is 393 g/mol. The number of ether oxygens (including phenoxy) is 1. The summed E-state index contributed by atoms with van der Waals surface area (Å²) < 4.78 is 5.42. The van der Waals surface area contributed by atoms with E-state index in [2.05, 4.69) is 15.2 Å². The van der Waals surface area contributed by atoms with Crippen molar-refractivity contribution in [2.45, 2.75) is 0 Å². The number of carbonyl (C=O) groups excluding carboxylic acids is 1. The number of morpholine rings is 1. The van der Waals surface area contributed by atoms with Gasteiger partial charge in [0.15, 0.2) is 0 Å². The van der Waals surface area contributed by atoms with Gasteiger partial charge in [0.05, 0.1) is 30.1 Å². The lowest BCUT2D eigenvalue weighted by molar-refractivity contribution is -0.111. The van der Waals surface area contributed by atoms with Gasteiger partial charge in [0.2, 0.25) is 5.91 Å². The van der Waals surface area contributed by atoms with Gasteiger partial charge in [-0.1, -0.05) is 35.9 Å². The fourth-order valence-corrected chi connectivity index (χ4v) is 3.46. The maximum absolute atomic E-state index is 12.6. The number of amides is 1. The second kappa shape index (κ2) is 8.42. The summed E-state index contributed by atoms with van der Waals surface area (Å²) >= 11 is 6.16. The van der Waals surface area contributed by atoms with E-state index in [1.54, 1.807) is 18.3 Å². The Hall–Kier alpha value is -2.89. The lowest BCUT2D eigenvalue weighted by atomic mass is 10.1. The standard InChI is InChI=1S/C22H20ClN3O2/c23-18-7-8-20(26-11-13-28-14-12-26)19(15-18)25-21(27)9-6-17-4-1-3-16-5-2-10-24-22(16)17/h1-10,15H,11-14H2,(H,25,27)/b9-6+. The van der Waals surface area contributed by atoms with Crippen LogP contribution >= 0.6 is 11.6 Å². The molecule has 142 valence electrons. The van der Waals surface area contributed by atoms with Gasteiger partial charge >= 0.3 is 0 Å². The van der Waals surface area contributed by atoms with E-state index in [1.165, 1.54) is 6.08 Å². The molecule has 0 bridgehead atoms. The molecule has 0 radical (unpaired) electrons. The highest BCUT2D eigenvalue weighted by molar-refractivity contribution is 6.31. The third-order valence-electron chi connectivity index (χ3n) is 4.65. The molecule has 3 aromatic rings. The van der Waals surface area contributed by atoms with Crippen LogP contribution < -0.4 is 10.2 Å². The Morgan fingerprint density at radius 1 is 1.14 bits per heavy atom. The number of nitrogens with zero attached hydrogens (tertiary/aromatic N) is 2. The van der Waals surface area contributed by atoms with Gasteiger partial charge in [-0.3, -0.25) is 9.78 Å². The molecule has 0 aliphatic carbocycles. The van der Waals surface area contributed by atoms with Crippen molar-refractivity contribution < 1.29 is 9.53 Å². The van der Waals surface area contributed by atoms with Crippen LogP contribution in [0.5, 0.6) is 0 Å². The Bertz CT molecular complexity index is 1020. The summed E-state index contributed by atoms with van der Waals surface area (Å²) in [6.07, 6.45) is 5.05. The average molecular weight is 394 g/mol. The van der Waals surface area contributed by atoms with Crippen molar-refractivity contribution in [2.75, 3.05) is 36.5 Å². The third-order valence-corrected chi connectivity index (χ3v) is 4.88. The minimum absolute atomic E-state index is 0.218. The molecule has 1 amide bonds. The smallest absolute Gasteiger partial charge is 0.248 e. The zero-order valence-electron chi connectivity index (χ0n) is 15.3. The minimum atomic E-state index is -0.218. The number of hydrogen-bond donors (Lipinski definition) is 1. The first-order valence-corrected chi connectivity index (χ1v) is 9.53. The van der Waals surface area contributed by atoms with Crippen molar-refractivity contribution in [2.24, 2.45) is 0 Å². The summed E-state index contributed by atoms with van der Waals surface area (Å²) in [6.45, 7) is 2.90. The normalized spacial score (nSPS) is 14.5. The Kier molecular flexibility index (Phi) is 5.55. The molecule has 1 aromatic heterocycles. The third kappa shape index (κ3) is 4.16. The summed E-state index contributed by atoms with van der Waals surface area (Å²) in [7, 11) is 0. The van der Waals surface area contributed by atoms with Crippen LogP contribution in [0.4, 0.5) is 11.4 Å². The number of nitrogens with one attached hydrogen (secondary N) is 1. The van der Waals surface area contributed by atoms with Gasteiger partial charge in [0, 0.05) is 41.3 Å². The molecular formula is C22H20ClN3O2. The van der Waals surface area contributed by atoms with E-state index >= 15 is 0 Å². The summed E-state index contributed by atoms with van der Waals surface area (Å²) in [5.74, 6) is -0.218. The number of pyridine rings is 1. The molecule has 2 aromatic carbocycles. The first-order valence-electron chi connectivity index (χ1n) is 9.16. The molecule has 1 aliphatic heterocycles. The van der Waals surface area contributed by atoms with Crippen LogP contribution in [-0.4, -0.2) is 37.2 Å². The van der Waals surface area contributed by atoms with Gasteiger partial charge in [0.25, 0.3) is 0 Å². The molecular weight excluding hydrogens is 374 g/mol. The molecule has 2 heterocycles. The topological polar surface area (TPSA) is 54.5 Å². The first-order chi connectivity index (χ1) is 13.7. The fourth-order valence-electron chi connectivity index (χ4n) is 3.29. The molecule has 0 saturated carbocycles. The Balaban J connectivity index is 1.55. The summed E-state index contributed by atoms with van der Waals surface area (Å²) in [5.41, 5.74) is 3.40. The van der Waals surface area contributed by atoms with E-state index in [0.717, 1.165) is 35.2 Å². The molecule has 1 aliphatic rings. The maximum atomic E-state index is 12.6. The zero-order chi connectivity index (χ0) is 19.3. The van der Waals surface area contributed by atoms with Crippen molar-refractivity contribution in [1.29, 1.82) is 0 Å². The van der Waals surface area contributed by atoms with Gasteiger partial charge in [-0.05, 0) is 30.3 Å². The van der Waals surface area contributed by atoms with E-state index in [0.29, 0.717) is 23.9 Å². The predicted octanol–water partition coefficient (Wildman–Crippen LogP) is 4.38. The fraction of sp³-hybridized carbons (Fsp3) is 0.182. The quantitative estimate of drug-likeness (QED) is 0.668. The first kappa shape index (κ1) is 18.5. The number of carbonyl (C=O) groups is 1. The van der Waals surface area contributed by atoms with Crippen molar-refractivity contribution in [3.8, 4) is 0 Å². The number of aromatic nitrogens is 1. The van der Waals surface area contributed by atoms with Crippen LogP contribution in [0.25, 0.3) is 17.0 Å². The van der Waals surface area contributed by atoms with Crippen molar-refractivity contribution >= 4 is 45.9 Å². The Morgan fingerprint density at radius 2 is 1.96 bits per heavy atom. The van der Waals surface area contributed by atoms with Crippen LogP contribution in [0.1, 0.15) is 5.56 Å². The highest BCUT2D eigenvalue weighted by Crippen LogP contribution is 2.30. The number of rotatable bonds is 4. The highest BCUT2D eigenvalue weighted by atomic mass is 35.5. The summed E-state index contributed by atoms with van der Waals surface area (Å²) in [4.78, 5) is 19.2. The lowest BCUT2D eigenvalue weighted by Gasteiger charge is -2.30. The van der Waals surface area contributed by atoms with Gasteiger partial charge in [-0.15, -0.1) is 0 Å². The highest BCUT2D eigenvalue weighted by Gasteiger charge is 2.16. The second-order valence-electron chi connectivity index (χ2n) is 6.51. The average Bonchev–Trinajstić information content (AvgIpc) is 2.73. The number of benzene rings is 2. The molecule has 0 unspecified atom stereocenters. The second-order valence-corrected chi connectivity index (χ2v) is 6.94. The zero-order valence-corrected chi connectivity index (χ0v) is 16.0. The summed E-state index contributed by atoms with van der Waals surface area (Å²) in [5, 5.41) is 4.57. The van der Waals surface area contributed by atoms with Gasteiger partial charge in [-0.2, -0.15) is 0 Å². The van der Waals surface area contributed by atoms with Gasteiger partial charge < -0.3 is 15.0 Å². The minimum Gasteiger partial charge on any atom is -0.378 e. The molecule has 5 nitrogen and oxygen atoms in total. The van der Waals surface area contributed by atoms with E-state index in [4.69, 9.17) is 16.3 Å². The Labute approximate surface area is 168 Å². The molecule has 1 fully saturated rings. The maximum Gasteiger partial charge on any atom is 0.248 e. The van der Waals surface area contributed by atoms with Gasteiger partial charge in [0.1, 0.15) is 0 Å². The number of fused-ring (bicyclic) bond motifs is 1. The van der Waals surface area contributed by atoms with Crippen LogP contribution in [0.15, 0.2) is 60.8 Å². The largest absolute Gasteiger partial charge is 0.378 e. The van der Waals surface area contributed by atoms with E-state index in [-0.39, 0.29) is 5.91 Å². The Morgan fingerprint density at radius 3 is 2.82 bits per heavy atom. The SMILES string of the molecule is O=C(/C=C/c1cccc2cccnc12)Nc1cc(Cl)ccc1N1CCOCC1. The van der Waals surface area contributed by atoms with Crippen molar-refractivity contribution in [1.82, 2.24) is 4.98 Å². The van der Waals surface area contributed by atoms with E-state index < -0.39 is 0 Å². The van der Waals surface area contributed by atoms with E-state index in [1.807, 2.05) is 42.5 Å². The molecule has 1 N–H and O–H groups in total. The number of para-hydroxylation sites is 1. The predicted molar refractivity (Wildman–Crippen MR) is 114 cm³/mol. The molecule has 0 spiro atoms. The van der Waals surface area contributed by atoms with Crippen LogP contribution in [0, 0.1) is 0 Å². The van der Waals surface area contributed by atoms with Crippen LogP contribution in [-0.2, 0) is 9.53 Å². The van der Waals surface area contributed by atoms with Crippen molar-refractivity contribution in [3.05, 3.63) is 71.4 Å². The summed E-state index contributed by atoms with van der Waals surface area (Å²) in [6, 6.07) is 15.3. The number of halogens is 1. The van der Waals surface area contributed by atoms with Gasteiger partial charge in [-0.25, -0.2) is 0 Å². The molecule has 0 atom stereocenters. The number of anilines is 2. The molecule has 1 saturated heterocycles. The molecule has 6 heteroatoms. The van der Waals surface area contributed by atoms with Crippen LogP contribution in [0.2, 0.25) is 5.02 Å². The van der Waals surface area contributed by atoms with Crippen LogP contribution in [0.3, 0.4) is 0 Å². The van der Waals surface area contributed by atoms with E-state index in [9.17, 15) is 4.79 Å². The number of hydrogen-bond acceptors (Lipinski definition) is 4. The lowest BCUT2D eigenvalue weighted by Crippen LogP contribution is -2.36. The van der Waals surface area contributed by atoms with Crippen molar-refractivity contribution in [3.63, 3.8) is 0 Å².